The molecule has 0 spiro atoms. The van der Waals surface area contributed by atoms with E-state index < -0.39 is 36.8 Å². The van der Waals surface area contributed by atoms with Crippen LogP contribution in [0.4, 0.5) is 0 Å². The van der Waals surface area contributed by atoms with E-state index in [1.807, 2.05) is 37.3 Å². The van der Waals surface area contributed by atoms with Crippen molar-refractivity contribution in [2.45, 2.75) is 75.3 Å². The Morgan fingerprint density at radius 3 is 2.34 bits per heavy atom. The minimum Gasteiger partial charge on any atom is -0.490 e. The molecule has 7 nitrogen and oxygen atoms in total. The van der Waals surface area contributed by atoms with Gasteiger partial charge in [-0.15, -0.1) is 0 Å². The van der Waals surface area contributed by atoms with Crippen LogP contribution in [0, 0.1) is 6.92 Å². The minimum absolute atomic E-state index is 0.246. The molecule has 7 heteroatoms. The zero-order chi connectivity index (χ0) is 22.9. The van der Waals surface area contributed by atoms with Crippen LogP contribution < -0.4 is 4.74 Å². The maximum Gasteiger partial charge on any atom is 0.222 e. The Kier molecular flexibility index (Phi) is 6.86. The van der Waals surface area contributed by atoms with Gasteiger partial charge in [0, 0.05) is 5.56 Å². The Hall–Kier alpha value is -2.00. The van der Waals surface area contributed by atoms with Crippen molar-refractivity contribution in [3.63, 3.8) is 0 Å². The fourth-order valence-electron chi connectivity index (χ4n) is 4.58. The highest BCUT2D eigenvalue weighted by Crippen LogP contribution is 2.37. The van der Waals surface area contributed by atoms with Crippen molar-refractivity contribution in [3.8, 4) is 5.75 Å². The summed E-state index contributed by atoms with van der Waals surface area (Å²) in [4.78, 5) is 0. The number of hydrogen-bond acceptors (Lipinski definition) is 7. The van der Waals surface area contributed by atoms with Gasteiger partial charge in [-0.05, 0) is 73.9 Å². The van der Waals surface area contributed by atoms with Crippen molar-refractivity contribution in [3.05, 3.63) is 64.7 Å². The van der Waals surface area contributed by atoms with E-state index in [2.05, 4.69) is 0 Å². The lowest BCUT2D eigenvalue weighted by Crippen LogP contribution is -2.63. The summed E-state index contributed by atoms with van der Waals surface area (Å²) in [5.74, 6) is -1.39. The molecule has 5 N–H and O–H groups in total. The Morgan fingerprint density at radius 1 is 1.00 bits per heavy atom. The number of ether oxygens (including phenoxy) is 2. The van der Waals surface area contributed by atoms with Crippen LogP contribution in [0.25, 0.3) is 0 Å². The summed E-state index contributed by atoms with van der Waals surface area (Å²) in [5, 5.41) is 51.1. The Labute approximate surface area is 187 Å². The number of aliphatic hydroxyl groups excluding tert-OH is 4. The van der Waals surface area contributed by atoms with Crippen molar-refractivity contribution < 1.29 is 35.0 Å². The van der Waals surface area contributed by atoms with Crippen molar-refractivity contribution in [1.29, 1.82) is 0 Å². The highest BCUT2D eigenvalue weighted by atomic mass is 16.7. The summed E-state index contributed by atoms with van der Waals surface area (Å²) in [6, 6.07) is 13.1. The Morgan fingerprint density at radius 2 is 1.69 bits per heavy atom. The van der Waals surface area contributed by atoms with Gasteiger partial charge < -0.3 is 35.0 Å². The van der Waals surface area contributed by atoms with E-state index in [9.17, 15) is 25.5 Å². The molecule has 32 heavy (non-hydrogen) atoms. The van der Waals surface area contributed by atoms with Gasteiger partial charge in [0.1, 0.15) is 30.2 Å². The zero-order valence-electron chi connectivity index (χ0n) is 18.2. The van der Waals surface area contributed by atoms with E-state index in [4.69, 9.17) is 9.47 Å². The van der Waals surface area contributed by atoms with E-state index in [0.29, 0.717) is 12.5 Å². The van der Waals surface area contributed by atoms with Crippen LogP contribution in [0.15, 0.2) is 42.5 Å². The number of benzene rings is 2. The lowest BCUT2D eigenvalue weighted by Gasteiger charge is -2.45. The van der Waals surface area contributed by atoms with Gasteiger partial charge >= 0.3 is 0 Å². The van der Waals surface area contributed by atoms with E-state index >= 15 is 0 Å². The van der Waals surface area contributed by atoms with Gasteiger partial charge in [-0.3, -0.25) is 0 Å². The first-order chi connectivity index (χ1) is 15.3. The van der Waals surface area contributed by atoms with Crippen molar-refractivity contribution >= 4 is 0 Å². The molecule has 1 heterocycles. The molecule has 5 atom stereocenters. The summed E-state index contributed by atoms with van der Waals surface area (Å²) >= 11 is 0. The highest BCUT2D eigenvalue weighted by molar-refractivity contribution is 5.39. The van der Waals surface area contributed by atoms with E-state index in [0.717, 1.165) is 35.3 Å². The molecule has 1 saturated heterocycles. The summed E-state index contributed by atoms with van der Waals surface area (Å²) < 4.78 is 11.5. The second-order valence-corrected chi connectivity index (χ2v) is 8.95. The summed E-state index contributed by atoms with van der Waals surface area (Å²) in [6.45, 7) is 1.34. The number of aliphatic hydroxyl groups is 5. The monoisotopic (exact) mass is 444 g/mol. The molecule has 2 aromatic rings. The zero-order valence-corrected chi connectivity index (χ0v) is 18.2. The molecule has 1 aliphatic heterocycles. The summed E-state index contributed by atoms with van der Waals surface area (Å²) in [7, 11) is 0. The second kappa shape index (κ2) is 9.47. The molecule has 0 aromatic heterocycles. The first-order valence-electron chi connectivity index (χ1n) is 11.2. The molecule has 174 valence electrons. The molecule has 2 aliphatic rings. The molecule has 1 saturated carbocycles. The Balaban J connectivity index is 1.53. The third kappa shape index (κ3) is 4.55. The van der Waals surface area contributed by atoms with Gasteiger partial charge in [0.2, 0.25) is 5.79 Å². The normalized spacial score (nSPS) is 31.1. The lowest BCUT2D eigenvalue weighted by atomic mass is 9.86. The maximum atomic E-state index is 11.1. The van der Waals surface area contributed by atoms with Crippen LogP contribution in [0.2, 0.25) is 0 Å². The molecular weight excluding hydrogens is 412 g/mol. The largest absolute Gasteiger partial charge is 0.490 e. The SMILES string of the molecule is Cc1ccc([C@]2(O)O[C@H](CO)[C@@H](O)[C@H](O)[C@H]2O)cc1Cc1ccc(OC2CCCC2)cc1. The molecule has 2 fully saturated rings. The van der Waals surface area contributed by atoms with E-state index in [1.165, 1.54) is 12.8 Å². The molecule has 0 unspecified atom stereocenters. The standard InChI is InChI=1S/C25H32O7/c1-15-6-9-18(25(30)24(29)23(28)22(27)21(14-26)32-25)13-17(15)12-16-7-10-20(11-8-16)31-19-4-2-3-5-19/h6-11,13,19,21-24,26-30H,2-5,12,14H2,1H3/t21-,22-,23+,24-,25+/m1/s1. The molecule has 4 rings (SSSR count). The molecular formula is C25H32O7. The summed E-state index contributed by atoms with van der Waals surface area (Å²) in [5.41, 5.74) is 3.21. The average molecular weight is 445 g/mol. The van der Waals surface area contributed by atoms with Gasteiger partial charge in [0.05, 0.1) is 12.7 Å². The second-order valence-electron chi connectivity index (χ2n) is 8.95. The molecule has 0 amide bonds. The fourth-order valence-corrected chi connectivity index (χ4v) is 4.58. The van der Waals surface area contributed by atoms with Crippen molar-refractivity contribution in [1.82, 2.24) is 0 Å². The number of aryl methyl sites for hydroxylation is 1. The predicted molar refractivity (Wildman–Crippen MR) is 117 cm³/mol. The highest BCUT2D eigenvalue weighted by Gasteiger charge is 2.53. The van der Waals surface area contributed by atoms with Gasteiger partial charge in [0.25, 0.3) is 0 Å². The van der Waals surface area contributed by atoms with Crippen LogP contribution in [0.3, 0.4) is 0 Å². The quantitative estimate of drug-likeness (QED) is 0.458. The van der Waals surface area contributed by atoms with Crippen LogP contribution in [0.5, 0.6) is 5.75 Å². The summed E-state index contributed by atoms with van der Waals surface area (Å²) in [6.07, 6.45) is -0.632. The number of hydrogen-bond donors (Lipinski definition) is 5. The topological polar surface area (TPSA) is 120 Å². The first-order valence-corrected chi connectivity index (χ1v) is 11.2. The lowest BCUT2D eigenvalue weighted by molar-refractivity contribution is -0.357. The minimum atomic E-state index is -2.26. The van der Waals surface area contributed by atoms with Gasteiger partial charge in [0.15, 0.2) is 0 Å². The fraction of sp³-hybridized carbons (Fsp3) is 0.520. The van der Waals surface area contributed by atoms with Crippen LogP contribution >= 0.6 is 0 Å². The third-order valence-corrected chi connectivity index (χ3v) is 6.65. The number of rotatable bonds is 6. The predicted octanol–water partition coefficient (Wildman–Crippen LogP) is 1.53. The molecule has 0 bridgehead atoms. The molecule has 2 aromatic carbocycles. The third-order valence-electron chi connectivity index (χ3n) is 6.65. The first kappa shape index (κ1) is 23.2. The van der Waals surface area contributed by atoms with E-state index in [-0.39, 0.29) is 5.56 Å². The van der Waals surface area contributed by atoms with Crippen LogP contribution in [0.1, 0.15) is 47.9 Å². The molecule has 0 radical (unpaired) electrons. The van der Waals surface area contributed by atoms with E-state index in [1.54, 1.807) is 12.1 Å². The smallest absolute Gasteiger partial charge is 0.222 e. The van der Waals surface area contributed by atoms with Gasteiger partial charge in [-0.1, -0.05) is 24.3 Å². The Bertz CT molecular complexity index is 907. The van der Waals surface area contributed by atoms with Crippen molar-refractivity contribution in [2.75, 3.05) is 6.61 Å². The van der Waals surface area contributed by atoms with Gasteiger partial charge in [-0.25, -0.2) is 0 Å². The molecule has 1 aliphatic carbocycles. The van der Waals surface area contributed by atoms with Crippen molar-refractivity contribution in [2.24, 2.45) is 0 Å². The van der Waals surface area contributed by atoms with Crippen LogP contribution in [-0.2, 0) is 16.9 Å². The van der Waals surface area contributed by atoms with Crippen LogP contribution in [-0.4, -0.2) is 62.7 Å². The maximum absolute atomic E-state index is 11.1. The average Bonchev–Trinajstić information content (AvgIpc) is 3.30. The van der Waals surface area contributed by atoms with Gasteiger partial charge in [-0.2, -0.15) is 0 Å².